The third kappa shape index (κ3) is 3.22. The molecule has 5 heterocycles. The van der Waals surface area contributed by atoms with Crippen molar-refractivity contribution >= 4 is 11.4 Å². The number of amides is 1. The molecule has 0 aliphatic carbocycles. The minimum atomic E-state index is -0.598. The average molecular weight is 393 g/mol. The Morgan fingerprint density at radius 2 is 2.00 bits per heavy atom. The summed E-state index contributed by atoms with van der Waals surface area (Å²) >= 11 is 0. The molecule has 10 heteroatoms. The second-order valence-electron chi connectivity index (χ2n) is 7.09. The minimum Gasteiger partial charge on any atom is -0.339 e. The van der Waals surface area contributed by atoms with E-state index in [1.807, 2.05) is 29.3 Å². The van der Waals surface area contributed by atoms with E-state index in [0.29, 0.717) is 11.4 Å². The van der Waals surface area contributed by atoms with Crippen molar-refractivity contribution < 1.29 is 9.32 Å². The van der Waals surface area contributed by atoms with E-state index in [0.717, 1.165) is 42.7 Å². The summed E-state index contributed by atoms with van der Waals surface area (Å²) < 4.78 is 7.91. The van der Waals surface area contributed by atoms with Crippen molar-refractivity contribution in [3.8, 4) is 11.3 Å². The van der Waals surface area contributed by atoms with E-state index in [1.165, 1.54) is 6.42 Å². The number of aromatic nitrogens is 6. The highest BCUT2D eigenvalue weighted by atomic mass is 16.5. The Morgan fingerprint density at radius 1 is 1.14 bits per heavy atom. The number of nitrogens with zero attached hydrogens (tertiary/aromatic N) is 6. The molecule has 5 rings (SSSR count). The molecule has 148 valence electrons. The van der Waals surface area contributed by atoms with Gasteiger partial charge in [0, 0.05) is 24.8 Å². The molecule has 29 heavy (non-hydrogen) atoms. The van der Waals surface area contributed by atoms with Gasteiger partial charge in [0.1, 0.15) is 6.54 Å². The van der Waals surface area contributed by atoms with Gasteiger partial charge in [-0.25, -0.2) is 9.31 Å². The molecule has 1 fully saturated rings. The quantitative estimate of drug-likeness (QED) is 0.563. The van der Waals surface area contributed by atoms with Crippen LogP contribution in [0.15, 0.2) is 46.1 Å². The first kappa shape index (κ1) is 17.4. The maximum Gasteiger partial charge on any atom is 0.438 e. The van der Waals surface area contributed by atoms with Gasteiger partial charge in [0.05, 0.1) is 29.2 Å². The second kappa shape index (κ2) is 7.04. The maximum atomic E-state index is 12.9. The van der Waals surface area contributed by atoms with Crippen molar-refractivity contribution in [2.24, 2.45) is 0 Å². The number of fused-ring (bicyclic) bond motifs is 1. The highest BCUT2D eigenvalue weighted by Gasteiger charge is 2.22. The summed E-state index contributed by atoms with van der Waals surface area (Å²) in [6, 6.07) is 5.73. The monoisotopic (exact) mass is 393 g/mol. The van der Waals surface area contributed by atoms with Crippen molar-refractivity contribution in [1.82, 2.24) is 34.4 Å². The van der Waals surface area contributed by atoms with Gasteiger partial charge < -0.3 is 4.90 Å². The molecule has 0 saturated carbocycles. The molecule has 1 aliphatic heterocycles. The van der Waals surface area contributed by atoms with Gasteiger partial charge in [-0.05, 0) is 31.4 Å². The molecule has 0 spiro atoms. The van der Waals surface area contributed by atoms with Crippen LogP contribution in [-0.4, -0.2) is 53.4 Å². The average Bonchev–Trinajstić information content (AvgIpc) is 3.48. The van der Waals surface area contributed by atoms with E-state index in [9.17, 15) is 9.59 Å². The lowest BCUT2D eigenvalue weighted by Gasteiger charge is -2.26. The number of nitrogens with one attached hydrogen (secondary N) is 1. The molecule has 1 saturated heterocycles. The molecule has 4 aromatic rings. The lowest BCUT2D eigenvalue weighted by molar-refractivity contribution is 0.0726. The zero-order chi connectivity index (χ0) is 19.8. The lowest BCUT2D eigenvalue weighted by atomic mass is 10.1. The van der Waals surface area contributed by atoms with Gasteiger partial charge in [-0.1, -0.05) is 11.2 Å². The highest BCUT2D eigenvalue weighted by molar-refractivity contribution is 6.01. The number of H-pyrrole nitrogens is 1. The van der Waals surface area contributed by atoms with E-state index >= 15 is 0 Å². The predicted octanol–water partition coefficient (Wildman–Crippen LogP) is 1.55. The van der Waals surface area contributed by atoms with Crippen LogP contribution in [0.25, 0.3) is 16.8 Å². The Balaban J connectivity index is 1.46. The Hall–Kier alpha value is -3.69. The second-order valence-corrected chi connectivity index (χ2v) is 7.09. The Labute approximate surface area is 164 Å². The van der Waals surface area contributed by atoms with Gasteiger partial charge in [-0.2, -0.15) is 10.2 Å². The topological polar surface area (TPSA) is 114 Å². The van der Waals surface area contributed by atoms with Crippen LogP contribution in [-0.2, 0) is 6.54 Å². The summed E-state index contributed by atoms with van der Waals surface area (Å²) in [6.07, 6.45) is 8.45. The number of rotatable bonds is 4. The predicted molar refractivity (Wildman–Crippen MR) is 102 cm³/mol. The Morgan fingerprint density at radius 3 is 2.79 bits per heavy atom. The standard InChI is InChI=1S/C19H19N7O3/c27-18(24-7-2-1-3-8-24)14-10-21-26-15(5-4-6-16(14)26)13-9-20-25(11-13)12-17-22-19(28)29-23-17/h4-6,9-11H,1-3,7-8,12H2,(H,22,23,28). The van der Waals surface area contributed by atoms with Crippen molar-refractivity contribution in [2.75, 3.05) is 13.1 Å². The van der Waals surface area contributed by atoms with Gasteiger partial charge in [-0.3, -0.25) is 19.0 Å². The van der Waals surface area contributed by atoms with Crippen LogP contribution >= 0.6 is 0 Å². The number of pyridine rings is 1. The fraction of sp³-hybridized carbons (Fsp3) is 0.316. The summed E-state index contributed by atoms with van der Waals surface area (Å²) in [7, 11) is 0. The fourth-order valence-electron chi connectivity index (χ4n) is 3.73. The molecule has 0 unspecified atom stereocenters. The molecule has 1 amide bonds. The number of carbonyl (C=O) groups excluding carboxylic acids is 1. The van der Waals surface area contributed by atoms with Crippen LogP contribution in [0.4, 0.5) is 0 Å². The third-order valence-electron chi connectivity index (χ3n) is 5.14. The molecular formula is C19H19N7O3. The summed E-state index contributed by atoms with van der Waals surface area (Å²) in [6.45, 7) is 1.87. The van der Waals surface area contributed by atoms with Crippen molar-refractivity contribution in [1.29, 1.82) is 0 Å². The number of likely N-dealkylation sites (tertiary alicyclic amines) is 1. The molecule has 0 atom stereocenters. The molecule has 10 nitrogen and oxygen atoms in total. The summed E-state index contributed by atoms with van der Waals surface area (Å²) in [5, 5.41) is 12.4. The molecule has 0 aromatic carbocycles. The first-order chi connectivity index (χ1) is 14.2. The van der Waals surface area contributed by atoms with Crippen LogP contribution in [0.5, 0.6) is 0 Å². The molecule has 4 aromatic heterocycles. The van der Waals surface area contributed by atoms with Crippen LogP contribution < -0.4 is 5.76 Å². The third-order valence-corrected chi connectivity index (χ3v) is 5.14. The Kier molecular flexibility index (Phi) is 4.23. The first-order valence-corrected chi connectivity index (χ1v) is 9.53. The van der Waals surface area contributed by atoms with Crippen LogP contribution in [0.2, 0.25) is 0 Å². The normalized spacial score (nSPS) is 14.6. The van der Waals surface area contributed by atoms with Crippen LogP contribution in [0, 0.1) is 0 Å². The van der Waals surface area contributed by atoms with E-state index < -0.39 is 5.76 Å². The van der Waals surface area contributed by atoms with Gasteiger partial charge in [0.15, 0.2) is 5.82 Å². The van der Waals surface area contributed by atoms with E-state index in [1.54, 1.807) is 21.6 Å². The maximum absolute atomic E-state index is 12.9. The number of hydrogen-bond donors (Lipinski definition) is 1. The van der Waals surface area contributed by atoms with Gasteiger partial charge in [-0.15, -0.1) is 0 Å². The number of piperidine rings is 1. The fourth-order valence-corrected chi connectivity index (χ4v) is 3.73. The van der Waals surface area contributed by atoms with E-state index in [-0.39, 0.29) is 12.5 Å². The summed E-state index contributed by atoms with van der Waals surface area (Å²) in [5.74, 6) is -0.182. The van der Waals surface area contributed by atoms with Crippen molar-refractivity contribution in [3.63, 3.8) is 0 Å². The molecule has 0 radical (unpaired) electrons. The summed E-state index contributed by atoms with van der Waals surface area (Å²) in [5.41, 5.74) is 3.04. The highest BCUT2D eigenvalue weighted by Crippen LogP contribution is 2.23. The molecule has 1 N–H and O–H groups in total. The van der Waals surface area contributed by atoms with Crippen molar-refractivity contribution in [2.45, 2.75) is 25.8 Å². The Bertz CT molecular complexity index is 1230. The first-order valence-electron chi connectivity index (χ1n) is 9.53. The lowest BCUT2D eigenvalue weighted by Crippen LogP contribution is -2.35. The van der Waals surface area contributed by atoms with Crippen molar-refractivity contribution in [3.05, 3.63) is 58.7 Å². The van der Waals surface area contributed by atoms with Crippen LogP contribution in [0.3, 0.4) is 0 Å². The smallest absolute Gasteiger partial charge is 0.339 e. The number of aromatic amines is 1. The van der Waals surface area contributed by atoms with Gasteiger partial charge in [0.2, 0.25) is 0 Å². The van der Waals surface area contributed by atoms with Crippen LogP contribution in [0.1, 0.15) is 35.4 Å². The van der Waals surface area contributed by atoms with E-state index in [4.69, 9.17) is 0 Å². The zero-order valence-corrected chi connectivity index (χ0v) is 15.6. The van der Waals surface area contributed by atoms with Gasteiger partial charge >= 0.3 is 5.76 Å². The molecule has 1 aliphatic rings. The zero-order valence-electron chi connectivity index (χ0n) is 15.6. The number of hydrogen-bond acceptors (Lipinski definition) is 6. The molecule has 0 bridgehead atoms. The number of carbonyl (C=O) groups is 1. The largest absolute Gasteiger partial charge is 0.438 e. The van der Waals surface area contributed by atoms with E-state index in [2.05, 4.69) is 24.9 Å². The summed E-state index contributed by atoms with van der Waals surface area (Å²) in [4.78, 5) is 28.4. The SMILES string of the molecule is O=C(c1cnn2c(-c3cnn(Cc4noc(=O)[nH]4)c3)cccc12)N1CCCCC1. The van der Waals surface area contributed by atoms with Gasteiger partial charge in [0.25, 0.3) is 5.91 Å². The molecular weight excluding hydrogens is 374 g/mol. The minimum absolute atomic E-state index is 0.0301.